The average Bonchev–Trinajstić information content (AvgIpc) is 3.01. The van der Waals surface area contributed by atoms with Gasteiger partial charge in [0.2, 0.25) is 5.91 Å². The minimum Gasteiger partial charge on any atom is -0.323 e. The Kier molecular flexibility index (Phi) is 5.04. The summed E-state index contributed by atoms with van der Waals surface area (Å²) in [6.07, 6.45) is 4.99. The largest absolute Gasteiger partial charge is 0.323 e. The van der Waals surface area contributed by atoms with Crippen LogP contribution in [0, 0.1) is 0 Å². The van der Waals surface area contributed by atoms with Gasteiger partial charge >= 0.3 is 0 Å². The number of hydrogen-bond acceptors (Lipinski definition) is 3. The molecule has 0 saturated carbocycles. The Labute approximate surface area is 153 Å². The summed E-state index contributed by atoms with van der Waals surface area (Å²) in [6, 6.07) is 8.49. The molecule has 0 atom stereocenters. The molecule has 0 bridgehead atoms. The van der Waals surface area contributed by atoms with Crippen LogP contribution in [0.2, 0.25) is 15.1 Å². The minimum absolute atomic E-state index is 0.0580. The average molecular weight is 382 g/mol. The SMILES string of the molecule is O=C(Cn1ccnc1-c1ccccn1)Nc1cc(Cl)c(Cl)cc1Cl. The van der Waals surface area contributed by atoms with Crippen molar-refractivity contribution in [1.82, 2.24) is 14.5 Å². The Hall–Kier alpha value is -2.08. The number of carbonyl (C=O) groups is 1. The zero-order valence-electron chi connectivity index (χ0n) is 12.2. The third-order valence-corrected chi connectivity index (χ3v) is 4.24. The van der Waals surface area contributed by atoms with E-state index in [-0.39, 0.29) is 12.5 Å². The van der Waals surface area contributed by atoms with Gasteiger partial charge in [-0.2, -0.15) is 0 Å². The Bertz CT molecular complexity index is 880. The summed E-state index contributed by atoms with van der Waals surface area (Å²) in [6.45, 7) is 0.0580. The van der Waals surface area contributed by atoms with Crippen molar-refractivity contribution in [3.63, 3.8) is 0 Å². The van der Waals surface area contributed by atoms with Gasteiger partial charge in [0.05, 0.1) is 20.8 Å². The zero-order valence-corrected chi connectivity index (χ0v) is 14.5. The molecule has 1 amide bonds. The third-order valence-electron chi connectivity index (χ3n) is 3.21. The second-order valence-corrected chi connectivity index (χ2v) is 6.11. The molecule has 1 aromatic carbocycles. The maximum Gasteiger partial charge on any atom is 0.244 e. The van der Waals surface area contributed by atoms with Crippen LogP contribution in [0.4, 0.5) is 5.69 Å². The Morgan fingerprint density at radius 2 is 1.83 bits per heavy atom. The lowest BCUT2D eigenvalue weighted by Gasteiger charge is -2.10. The van der Waals surface area contributed by atoms with Crippen molar-refractivity contribution < 1.29 is 4.79 Å². The van der Waals surface area contributed by atoms with Gasteiger partial charge in [-0.3, -0.25) is 9.78 Å². The van der Waals surface area contributed by atoms with E-state index in [1.807, 2.05) is 18.2 Å². The van der Waals surface area contributed by atoms with Gasteiger partial charge in [-0.15, -0.1) is 0 Å². The van der Waals surface area contributed by atoms with Crippen LogP contribution in [0.3, 0.4) is 0 Å². The highest BCUT2D eigenvalue weighted by molar-refractivity contribution is 6.44. The van der Waals surface area contributed by atoms with Crippen molar-refractivity contribution in [2.24, 2.45) is 0 Å². The number of pyridine rings is 1. The van der Waals surface area contributed by atoms with Gasteiger partial charge in [0.25, 0.3) is 0 Å². The molecule has 0 saturated heterocycles. The molecule has 24 heavy (non-hydrogen) atoms. The molecule has 0 radical (unpaired) electrons. The number of hydrogen-bond donors (Lipinski definition) is 1. The van der Waals surface area contributed by atoms with Gasteiger partial charge in [0.1, 0.15) is 12.2 Å². The Morgan fingerprint density at radius 1 is 1.04 bits per heavy atom. The molecular weight excluding hydrogens is 371 g/mol. The van der Waals surface area contributed by atoms with E-state index in [9.17, 15) is 4.79 Å². The number of amides is 1. The summed E-state index contributed by atoms with van der Waals surface area (Å²) in [7, 11) is 0. The fourth-order valence-electron chi connectivity index (χ4n) is 2.13. The van der Waals surface area contributed by atoms with E-state index in [0.717, 1.165) is 0 Å². The van der Waals surface area contributed by atoms with Crippen LogP contribution in [0.5, 0.6) is 0 Å². The predicted molar refractivity (Wildman–Crippen MR) is 95.6 cm³/mol. The van der Waals surface area contributed by atoms with Crippen molar-refractivity contribution in [2.75, 3.05) is 5.32 Å². The van der Waals surface area contributed by atoms with Gasteiger partial charge in [0.15, 0.2) is 5.82 Å². The van der Waals surface area contributed by atoms with E-state index in [2.05, 4.69) is 15.3 Å². The van der Waals surface area contributed by atoms with E-state index in [1.165, 1.54) is 12.1 Å². The number of carbonyl (C=O) groups excluding carboxylic acids is 1. The molecule has 0 aliphatic heterocycles. The Balaban J connectivity index is 1.77. The standard InChI is InChI=1S/C16H11Cl3N4O/c17-10-7-12(19)14(8-11(10)18)22-15(24)9-23-6-5-21-16(23)13-3-1-2-4-20-13/h1-8H,9H2,(H,22,24). The number of benzene rings is 1. The molecule has 0 spiro atoms. The summed E-state index contributed by atoms with van der Waals surface area (Å²) in [5, 5.41) is 3.66. The summed E-state index contributed by atoms with van der Waals surface area (Å²) in [5.74, 6) is 0.330. The van der Waals surface area contributed by atoms with E-state index in [4.69, 9.17) is 34.8 Å². The maximum atomic E-state index is 12.3. The third kappa shape index (κ3) is 3.70. The molecule has 0 aliphatic rings. The number of rotatable bonds is 4. The first-order valence-electron chi connectivity index (χ1n) is 6.91. The molecular formula is C16H11Cl3N4O. The van der Waals surface area contributed by atoms with Crippen LogP contribution in [-0.4, -0.2) is 20.4 Å². The molecule has 122 valence electrons. The fourth-order valence-corrected chi connectivity index (χ4v) is 2.72. The van der Waals surface area contributed by atoms with Crippen LogP contribution >= 0.6 is 34.8 Å². The van der Waals surface area contributed by atoms with Crippen LogP contribution in [-0.2, 0) is 11.3 Å². The lowest BCUT2D eigenvalue weighted by atomic mass is 10.3. The first-order chi connectivity index (χ1) is 11.5. The van der Waals surface area contributed by atoms with Crippen molar-refractivity contribution in [3.8, 4) is 11.5 Å². The molecule has 0 unspecified atom stereocenters. The van der Waals surface area contributed by atoms with Gasteiger partial charge in [-0.05, 0) is 24.3 Å². The Morgan fingerprint density at radius 3 is 2.58 bits per heavy atom. The number of halogens is 3. The quantitative estimate of drug-likeness (QED) is 0.675. The van der Waals surface area contributed by atoms with E-state index >= 15 is 0 Å². The highest BCUT2D eigenvalue weighted by Gasteiger charge is 2.13. The van der Waals surface area contributed by atoms with Gasteiger partial charge in [-0.1, -0.05) is 40.9 Å². The number of aromatic nitrogens is 3. The number of anilines is 1. The van der Waals surface area contributed by atoms with Crippen LogP contribution in [0.1, 0.15) is 0 Å². The van der Waals surface area contributed by atoms with Crippen molar-refractivity contribution in [3.05, 3.63) is 64.0 Å². The highest BCUT2D eigenvalue weighted by Crippen LogP contribution is 2.32. The molecule has 2 heterocycles. The maximum absolute atomic E-state index is 12.3. The second-order valence-electron chi connectivity index (χ2n) is 4.89. The van der Waals surface area contributed by atoms with Crippen LogP contribution < -0.4 is 5.32 Å². The van der Waals surface area contributed by atoms with Gasteiger partial charge in [0, 0.05) is 18.6 Å². The molecule has 0 aliphatic carbocycles. The number of imidazole rings is 1. The van der Waals surface area contributed by atoms with Crippen LogP contribution in [0.25, 0.3) is 11.5 Å². The molecule has 0 fully saturated rings. The van der Waals surface area contributed by atoms with E-state index < -0.39 is 0 Å². The lowest BCUT2D eigenvalue weighted by Crippen LogP contribution is -2.19. The lowest BCUT2D eigenvalue weighted by molar-refractivity contribution is -0.116. The van der Waals surface area contributed by atoms with Crippen molar-refractivity contribution in [1.29, 1.82) is 0 Å². The minimum atomic E-state index is -0.273. The first-order valence-corrected chi connectivity index (χ1v) is 8.05. The summed E-state index contributed by atoms with van der Waals surface area (Å²) in [5.41, 5.74) is 1.08. The highest BCUT2D eigenvalue weighted by atomic mass is 35.5. The normalized spacial score (nSPS) is 10.6. The number of nitrogens with zero attached hydrogens (tertiary/aromatic N) is 3. The van der Waals surface area contributed by atoms with E-state index in [1.54, 1.807) is 23.2 Å². The number of nitrogens with one attached hydrogen (secondary N) is 1. The summed E-state index contributed by atoms with van der Waals surface area (Å²) < 4.78 is 1.70. The molecule has 1 N–H and O–H groups in total. The monoisotopic (exact) mass is 380 g/mol. The molecule has 3 aromatic rings. The molecule has 5 nitrogen and oxygen atoms in total. The molecule has 3 rings (SSSR count). The second kappa shape index (κ2) is 7.21. The topological polar surface area (TPSA) is 59.8 Å². The van der Waals surface area contributed by atoms with Crippen molar-refractivity contribution >= 4 is 46.4 Å². The first kappa shape index (κ1) is 16.8. The van der Waals surface area contributed by atoms with Crippen molar-refractivity contribution in [2.45, 2.75) is 6.54 Å². The smallest absolute Gasteiger partial charge is 0.244 e. The zero-order chi connectivity index (χ0) is 17.1. The van der Waals surface area contributed by atoms with E-state index in [0.29, 0.717) is 32.3 Å². The fraction of sp³-hybridized carbons (Fsp3) is 0.0625. The molecule has 2 aromatic heterocycles. The summed E-state index contributed by atoms with van der Waals surface area (Å²) in [4.78, 5) is 20.8. The molecule has 8 heteroatoms. The predicted octanol–water partition coefficient (Wildman–Crippen LogP) is 4.54. The van der Waals surface area contributed by atoms with Crippen LogP contribution in [0.15, 0.2) is 48.9 Å². The van der Waals surface area contributed by atoms with Gasteiger partial charge in [-0.25, -0.2) is 4.98 Å². The van der Waals surface area contributed by atoms with Gasteiger partial charge < -0.3 is 9.88 Å². The summed E-state index contributed by atoms with van der Waals surface area (Å²) >= 11 is 17.9.